The summed E-state index contributed by atoms with van der Waals surface area (Å²) in [7, 11) is 1.56. The number of allylic oxidation sites excluding steroid dienone is 1. The van der Waals surface area contributed by atoms with Crippen molar-refractivity contribution in [2.75, 3.05) is 25.1 Å². The van der Waals surface area contributed by atoms with E-state index in [4.69, 9.17) is 4.74 Å². The maximum Gasteiger partial charge on any atom is 0.389 e. The summed E-state index contributed by atoms with van der Waals surface area (Å²) in [6, 6.07) is 3.50. The maximum atomic E-state index is 13.2. The second-order valence-corrected chi connectivity index (χ2v) is 8.91. The summed E-state index contributed by atoms with van der Waals surface area (Å²) in [5.41, 5.74) is 2.19. The van der Waals surface area contributed by atoms with Gasteiger partial charge in [0.1, 0.15) is 12.0 Å². The van der Waals surface area contributed by atoms with Crippen LogP contribution in [0.1, 0.15) is 44.7 Å². The molecule has 0 spiro atoms. The van der Waals surface area contributed by atoms with E-state index in [1.54, 1.807) is 25.3 Å². The van der Waals surface area contributed by atoms with Crippen LogP contribution in [-0.2, 0) is 14.4 Å². The van der Waals surface area contributed by atoms with Gasteiger partial charge in [0, 0.05) is 54.0 Å². The molecule has 2 aliphatic rings. The number of benzene rings is 1. The number of nitrogens with zero attached hydrogens (tertiary/aromatic N) is 1. The number of aldehydes is 1. The molecule has 10 heteroatoms. The Morgan fingerprint density at radius 2 is 2.09 bits per heavy atom. The monoisotopic (exact) mass is 467 g/mol. The molecule has 0 aromatic heterocycles. The van der Waals surface area contributed by atoms with E-state index < -0.39 is 37.0 Å². The summed E-state index contributed by atoms with van der Waals surface area (Å²) in [5.74, 6) is -0.455. The standard InChI is InChI=1S/C23H28F3N3O4/c1-22(2)8-9-29-17-10-15(33-3)4-5-16(17)21(18(31)11-19(22)29)27-12-14(13-30)28-20(32)6-7-23(24,25)26/h4-5,10-11,13-14,21,27H,6-9,12H2,1-3H3,(H,28,32)/t14-,21?/m0/s1. The van der Waals surface area contributed by atoms with E-state index in [1.807, 2.05) is 6.07 Å². The number of hydrogen-bond acceptors (Lipinski definition) is 6. The Morgan fingerprint density at radius 3 is 2.73 bits per heavy atom. The molecule has 0 aliphatic carbocycles. The molecule has 1 amide bonds. The molecule has 1 saturated heterocycles. The summed E-state index contributed by atoms with van der Waals surface area (Å²) in [6.07, 6.45) is -3.58. The van der Waals surface area contributed by atoms with Gasteiger partial charge in [-0.1, -0.05) is 19.9 Å². The molecule has 33 heavy (non-hydrogen) atoms. The normalized spacial score (nSPS) is 20.3. The number of ketones is 1. The van der Waals surface area contributed by atoms with Gasteiger partial charge in [-0.15, -0.1) is 0 Å². The van der Waals surface area contributed by atoms with Crippen LogP contribution in [0, 0.1) is 5.41 Å². The molecule has 2 N–H and O–H groups in total. The zero-order chi connectivity index (χ0) is 24.4. The molecule has 2 atom stereocenters. The Bertz CT molecular complexity index is 959. The van der Waals surface area contributed by atoms with E-state index in [2.05, 4.69) is 29.4 Å². The molecule has 2 aliphatic heterocycles. The number of ether oxygens (including phenoxy) is 1. The zero-order valence-corrected chi connectivity index (χ0v) is 18.8. The molecule has 0 radical (unpaired) electrons. The van der Waals surface area contributed by atoms with Crippen molar-refractivity contribution in [3.05, 3.63) is 35.5 Å². The zero-order valence-electron chi connectivity index (χ0n) is 18.8. The molecule has 0 saturated carbocycles. The van der Waals surface area contributed by atoms with Crippen LogP contribution in [0.2, 0.25) is 0 Å². The average Bonchev–Trinajstić information content (AvgIpc) is 2.98. The predicted molar refractivity (Wildman–Crippen MR) is 116 cm³/mol. The van der Waals surface area contributed by atoms with Gasteiger partial charge in [0.05, 0.1) is 25.6 Å². The van der Waals surface area contributed by atoms with E-state index in [1.165, 1.54) is 0 Å². The summed E-state index contributed by atoms with van der Waals surface area (Å²) in [4.78, 5) is 38.5. The summed E-state index contributed by atoms with van der Waals surface area (Å²) < 4.78 is 42.4. The third-order valence-corrected chi connectivity index (χ3v) is 6.04. The van der Waals surface area contributed by atoms with E-state index in [0.717, 1.165) is 24.4 Å². The number of methoxy groups -OCH3 is 1. The fourth-order valence-electron chi connectivity index (χ4n) is 4.15. The van der Waals surface area contributed by atoms with Crippen molar-refractivity contribution in [2.24, 2.45) is 5.41 Å². The third-order valence-electron chi connectivity index (χ3n) is 6.04. The van der Waals surface area contributed by atoms with Gasteiger partial charge in [-0.25, -0.2) is 0 Å². The molecule has 1 fully saturated rings. The summed E-state index contributed by atoms with van der Waals surface area (Å²) >= 11 is 0. The molecular formula is C23H28F3N3O4. The van der Waals surface area contributed by atoms with Crippen molar-refractivity contribution in [1.29, 1.82) is 0 Å². The lowest BCUT2D eigenvalue weighted by atomic mass is 9.88. The van der Waals surface area contributed by atoms with Gasteiger partial charge in [0.2, 0.25) is 5.91 Å². The number of hydrogen-bond donors (Lipinski definition) is 2. The summed E-state index contributed by atoms with van der Waals surface area (Å²) in [5, 5.41) is 5.30. The predicted octanol–water partition coefficient (Wildman–Crippen LogP) is 3.06. The highest BCUT2D eigenvalue weighted by molar-refractivity contribution is 5.99. The molecule has 1 unspecified atom stereocenters. The first kappa shape index (κ1) is 24.8. The highest BCUT2D eigenvalue weighted by atomic mass is 19.4. The quantitative estimate of drug-likeness (QED) is 0.572. The van der Waals surface area contributed by atoms with Crippen molar-refractivity contribution in [3.63, 3.8) is 0 Å². The first-order valence-corrected chi connectivity index (χ1v) is 10.7. The average molecular weight is 467 g/mol. The molecule has 180 valence electrons. The van der Waals surface area contributed by atoms with E-state index >= 15 is 0 Å². The number of nitrogens with one attached hydrogen (secondary N) is 2. The lowest BCUT2D eigenvalue weighted by molar-refractivity contribution is -0.144. The van der Waals surface area contributed by atoms with Crippen LogP contribution in [0.25, 0.3) is 0 Å². The van der Waals surface area contributed by atoms with Gasteiger partial charge in [-0.05, 0) is 12.5 Å². The topological polar surface area (TPSA) is 87.7 Å². The first-order valence-electron chi connectivity index (χ1n) is 10.7. The lowest BCUT2D eigenvalue weighted by Crippen LogP contribution is -2.45. The number of halogens is 3. The van der Waals surface area contributed by atoms with Crippen LogP contribution < -0.4 is 20.3 Å². The highest BCUT2D eigenvalue weighted by Crippen LogP contribution is 2.46. The van der Waals surface area contributed by atoms with Gasteiger partial charge in [0.25, 0.3) is 0 Å². The van der Waals surface area contributed by atoms with Gasteiger partial charge in [0.15, 0.2) is 5.78 Å². The fourth-order valence-corrected chi connectivity index (χ4v) is 4.15. The van der Waals surface area contributed by atoms with Gasteiger partial charge in [-0.2, -0.15) is 13.2 Å². The van der Waals surface area contributed by atoms with Gasteiger partial charge < -0.3 is 25.1 Å². The van der Waals surface area contributed by atoms with Crippen LogP contribution in [0.3, 0.4) is 0 Å². The molecule has 7 nitrogen and oxygen atoms in total. The Balaban J connectivity index is 1.80. The minimum Gasteiger partial charge on any atom is -0.497 e. The van der Waals surface area contributed by atoms with Gasteiger partial charge in [-0.3, -0.25) is 9.59 Å². The maximum absolute atomic E-state index is 13.2. The molecule has 1 aromatic rings. The summed E-state index contributed by atoms with van der Waals surface area (Å²) in [6.45, 7) is 4.75. The second kappa shape index (κ2) is 9.54. The number of anilines is 1. The first-order chi connectivity index (χ1) is 15.4. The molecule has 1 aromatic carbocycles. The number of fused-ring (bicyclic) bond motifs is 3. The van der Waals surface area contributed by atoms with Crippen molar-refractivity contribution in [1.82, 2.24) is 10.6 Å². The fraction of sp³-hybridized carbons (Fsp3) is 0.522. The number of carbonyl (C=O) groups excluding carboxylic acids is 3. The molecule has 3 rings (SSSR count). The van der Waals surface area contributed by atoms with Crippen molar-refractivity contribution >= 4 is 23.7 Å². The lowest BCUT2D eigenvalue weighted by Gasteiger charge is -2.27. The van der Waals surface area contributed by atoms with Crippen LogP contribution in [0.4, 0.5) is 18.9 Å². The smallest absolute Gasteiger partial charge is 0.389 e. The van der Waals surface area contributed by atoms with Crippen molar-refractivity contribution in [3.8, 4) is 5.75 Å². The van der Waals surface area contributed by atoms with Gasteiger partial charge >= 0.3 is 6.18 Å². The highest BCUT2D eigenvalue weighted by Gasteiger charge is 2.40. The largest absolute Gasteiger partial charge is 0.497 e. The number of amides is 1. The number of carbonyl (C=O) groups is 3. The second-order valence-electron chi connectivity index (χ2n) is 8.91. The molecule has 0 bridgehead atoms. The minimum atomic E-state index is -4.46. The van der Waals surface area contributed by atoms with Crippen LogP contribution in [-0.4, -0.2) is 50.4 Å². The molecule has 2 heterocycles. The van der Waals surface area contributed by atoms with E-state index in [9.17, 15) is 27.6 Å². The van der Waals surface area contributed by atoms with Crippen molar-refractivity contribution < 1.29 is 32.3 Å². The third kappa shape index (κ3) is 5.73. The Hall–Kier alpha value is -2.88. The number of alkyl halides is 3. The van der Waals surface area contributed by atoms with E-state index in [0.29, 0.717) is 17.6 Å². The number of rotatable bonds is 8. The molecular weight excluding hydrogens is 439 g/mol. The van der Waals surface area contributed by atoms with Crippen LogP contribution in [0.15, 0.2) is 30.0 Å². The Kier molecular flexibility index (Phi) is 7.16. The SMILES string of the molecule is COc1ccc2c(c1)N1CCC(C)(C)C1=CC(=O)C2NC[C@@H](C=O)NC(=O)CCC(F)(F)F. The van der Waals surface area contributed by atoms with Crippen LogP contribution in [0.5, 0.6) is 5.75 Å². The van der Waals surface area contributed by atoms with Crippen LogP contribution >= 0.6 is 0 Å². The van der Waals surface area contributed by atoms with E-state index in [-0.39, 0.29) is 17.7 Å². The Labute approximate surface area is 190 Å². The minimum absolute atomic E-state index is 0.115. The Morgan fingerprint density at radius 1 is 1.36 bits per heavy atom. The van der Waals surface area contributed by atoms with Crippen molar-refractivity contribution in [2.45, 2.75) is 51.4 Å².